The third-order valence-corrected chi connectivity index (χ3v) is 4.00. The summed E-state index contributed by atoms with van der Waals surface area (Å²) < 4.78 is 26.3. The van der Waals surface area contributed by atoms with Crippen LogP contribution in [0.25, 0.3) is 0 Å². The van der Waals surface area contributed by atoms with Crippen molar-refractivity contribution in [2.75, 3.05) is 13.2 Å². The maximum atomic E-state index is 13.2. The van der Waals surface area contributed by atoms with Crippen LogP contribution in [0, 0.1) is 17.0 Å². The van der Waals surface area contributed by atoms with Crippen molar-refractivity contribution in [1.82, 2.24) is 5.32 Å². The van der Waals surface area contributed by atoms with Crippen LogP contribution in [0.4, 0.5) is 8.78 Å². The zero-order valence-electron chi connectivity index (χ0n) is 11.8. The molecule has 19 heavy (non-hydrogen) atoms. The lowest BCUT2D eigenvalue weighted by atomic mass is 9.83. The van der Waals surface area contributed by atoms with Gasteiger partial charge in [-0.25, -0.2) is 8.78 Å². The Bertz CT molecular complexity index is 377. The van der Waals surface area contributed by atoms with Crippen molar-refractivity contribution in [3.63, 3.8) is 0 Å². The van der Waals surface area contributed by atoms with Crippen molar-refractivity contribution in [1.29, 1.82) is 0 Å². The fourth-order valence-electron chi connectivity index (χ4n) is 2.09. The molecule has 1 aromatic rings. The summed E-state index contributed by atoms with van der Waals surface area (Å²) >= 11 is 0. The van der Waals surface area contributed by atoms with Gasteiger partial charge in [0.1, 0.15) is 11.6 Å². The second kappa shape index (κ2) is 6.96. The first-order valence-corrected chi connectivity index (χ1v) is 6.76. The van der Waals surface area contributed by atoms with Gasteiger partial charge in [-0.15, -0.1) is 0 Å². The molecule has 1 rings (SSSR count). The molecule has 0 heterocycles. The second-order valence-electron chi connectivity index (χ2n) is 5.17. The highest BCUT2D eigenvalue weighted by atomic mass is 19.1. The van der Waals surface area contributed by atoms with Gasteiger partial charge < -0.3 is 10.4 Å². The van der Waals surface area contributed by atoms with E-state index in [1.807, 2.05) is 20.8 Å². The van der Waals surface area contributed by atoms with Crippen molar-refractivity contribution in [3.8, 4) is 0 Å². The maximum absolute atomic E-state index is 13.2. The van der Waals surface area contributed by atoms with E-state index in [-0.39, 0.29) is 18.1 Å². The van der Waals surface area contributed by atoms with Crippen molar-refractivity contribution in [2.45, 2.75) is 39.7 Å². The van der Waals surface area contributed by atoms with Crippen molar-refractivity contribution in [3.05, 3.63) is 35.4 Å². The molecule has 2 nitrogen and oxygen atoms in total. The average Bonchev–Trinajstić information content (AvgIpc) is 2.39. The summed E-state index contributed by atoms with van der Waals surface area (Å²) in [6.07, 6.45) is 1.72. The topological polar surface area (TPSA) is 32.3 Å². The van der Waals surface area contributed by atoms with Crippen LogP contribution in [-0.2, 0) is 0 Å². The molecule has 4 heteroatoms. The van der Waals surface area contributed by atoms with Gasteiger partial charge in [-0.05, 0) is 37.5 Å². The summed E-state index contributed by atoms with van der Waals surface area (Å²) in [6, 6.07) is 3.37. The number of rotatable bonds is 7. The van der Waals surface area contributed by atoms with Crippen LogP contribution in [-0.4, -0.2) is 18.3 Å². The molecule has 108 valence electrons. The van der Waals surface area contributed by atoms with Crippen molar-refractivity contribution < 1.29 is 13.9 Å². The van der Waals surface area contributed by atoms with E-state index >= 15 is 0 Å². The van der Waals surface area contributed by atoms with Crippen LogP contribution in [0.5, 0.6) is 0 Å². The Kier molecular flexibility index (Phi) is 5.88. The van der Waals surface area contributed by atoms with E-state index in [2.05, 4.69) is 5.32 Å². The molecule has 0 saturated carbocycles. The van der Waals surface area contributed by atoms with E-state index < -0.39 is 11.6 Å². The number of hydrogen-bond donors (Lipinski definition) is 2. The molecule has 0 fully saturated rings. The summed E-state index contributed by atoms with van der Waals surface area (Å²) in [4.78, 5) is 0. The molecule has 0 aliphatic heterocycles. The lowest BCUT2D eigenvalue weighted by Crippen LogP contribution is -2.37. The van der Waals surface area contributed by atoms with Crippen LogP contribution in [0.15, 0.2) is 18.2 Å². The fraction of sp³-hybridized carbons (Fsp3) is 0.600. The first-order chi connectivity index (χ1) is 8.96. The minimum atomic E-state index is -0.567. The molecule has 0 amide bonds. The first-order valence-electron chi connectivity index (χ1n) is 6.76. The first kappa shape index (κ1) is 16.1. The molecule has 0 aromatic heterocycles. The Morgan fingerprint density at radius 1 is 1.16 bits per heavy atom. The average molecular weight is 271 g/mol. The van der Waals surface area contributed by atoms with Gasteiger partial charge in [0.15, 0.2) is 0 Å². The van der Waals surface area contributed by atoms with E-state index in [0.717, 1.165) is 18.9 Å². The van der Waals surface area contributed by atoms with Crippen molar-refractivity contribution in [2.24, 2.45) is 5.41 Å². The molecule has 0 radical (unpaired) electrons. The van der Waals surface area contributed by atoms with Crippen LogP contribution < -0.4 is 5.32 Å². The van der Waals surface area contributed by atoms with Gasteiger partial charge in [0.25, 0.3) is 0 Å². The van der Waals surface area contributed by atoms with E-state index in [4.69, 9.17) is 0 Å². The second-order valence-corrected chi connectivity index (χ2v) is 5.17. The number of nitrogens with one attached hydrogen (secondary N) is 1. The molecular weight excluding hydrogens is 248 g/mol. The quantitative estimate of drug-likeness (QED) is 0.796. The molecule has 0 spiro atoms. The lowest BCUT2D eigenvalue weighted by Gasteiger charge is -2.31. The van der Waals surface area contributed by atoms with Gasteiger partial charge in [0.2, 0.25) is 0 Å². The standard InChI is InChI=1S/C15H23F2NO/c1-4-15(5-2,10-19)9-18-11(3)12-6-13(16)8-14(17)7-12/h6-8,11,18-19H,4-5,9-10H2,1-3H3. The molecule has 2 N–H and O–H groups in total. The predicted octanol–water partition coefficient (Wildman–Crippen LogP) is 3.41. The van der Waals surface area contributed by atoms with Crippen molar-refractivity contribution >= 4 is 0 Å². The summed E-state index contributed by atoms with van der Waals surface area (Å²) in [5.41, 5.74) is 0.414. The van der Waals surface area contributed by atoms with Crippen LogP contribution in [0.1, 0.15) is 45.2 Å². The van der Waals surface area contributed by atoms with Gasteiger partial charge in [0, 0.05) is 30.7 Å². The van der Waals surface area contributed by atoms with E-state index in [1.165, 1.54) is 12.1 Å². The lowest BCUT2D eigenvalue weighted by molar-refractivity contribution is 0.110. The largest absolute Gasteiger partial charge is 0.396 e. The van der Waals surface area contributed by atoms with Gasteiger partial charge in [-0.2, -0.15) is 0 Å². The predicted molar refractivity (Wildman–Crippen MR) is 72.9 cm³/mol. The third kappa shape index (κ3) is 4.25. The Morgan fingerprint density at radius 2 is 1.68 bits per heavy atom. The van der Waals surface area contributed by atoms with Gasteiger partial charge >= 0.3 is 0 Å². The summed E-state index contributed by atoms with van der Waals surface area (Å²) in [6.45, 7) is 6.66. The molecular formula is C15H23F2NO. The molecule has 0 aliphatic carbocycles. The summed E-state index contributed by atoms with van der Waals surface area (Å²) in [5.74, 6) is -1.13. The Morgan fingerprint density at radius 3 is 2.11 bits per heavy atom. The smallest absolute Gasteiger partial charge is 0.126 e. The highest BCUT2D eigenvalue weighted by molar-refractivity contribution is 5.20. The van der Waals surface area contributed by atoms with Gasteiger partial charge in [-0.3, -0.25) is 0 Å². The van der Waals surface area contributed by atoms with Gasteiger partial charge in [-0.1, -0.05) is 13.8 Å². The Labute approximate surface area is 113 Å². The monoisotopic (exact) mass is 271 g/mol. The number of halogens is 2. The van der Waals surface area contributed by atoms with Crippen LogP contribution in [0.2, 0.25) is 0 Å². The van der Waals surface area contributed by atoms with Crippen LogP contribution >= 0.6 is 0 Å². The highest BCUT2D eigenvalue weighted by Gasteiger charge is 2.25. The molecule has 0 bridgehead atoms. The molecule has 0 aliphatic rings. The Balaban J connectivity index is 2.71. The number of benzene rings is 1. The minimum Gasteiger partial charge on any atom is -0.396 e. The number of aliphatic hydroxyl groups is 1. The molecule has 1 unspecified atom stereocenters. The molecule has 1 atom stereocenters. The highest BCUT2D eigenvalue weighted by Crippen LogP contribution is 2.26. The van der Waals surface area contributed by atoms with E-state index in [0.29, 0.717) is 12.1 Å². The fourth-order valence-corrected chi connectivity index (χ4v) is 2.09. The zero-order chi connectivity index (χ0) is 14.5. The van der Waals surface area contributed by atoms with E-state index in [9.17, 15) is 13.9 Å². The summed E-state index contributed by atoms with van der Waals surface area (Å²) in [5, 5.41) is 12.7. The Hall–Kier alpha value is -1.00. The zero-order valence-corrected chi connectivity index (χ0v) is 11.8. The maximum Gasteiger partial charge on any atom is 0.126 e. The SMILES string of the molecule is CCC(CC)(CO)CNC(C)c1cc(F)cc(F)c1. The molecule has 1 aromatic carbocycles. The third-order valence-electron chi connectivity index (χ3n) is 4.00. The van der Waals surface area contributed by atoms with Gasteiger partial charge in [0.05, 0.1) is 0 Å². The molecule has 0 saturated heterocycles. The summed E-state index contributed by atoms with van der Waals surface area (Å²) in [7, 11) is 0. The normalized spacial score (nSPS) is 13.6. The number of aliphatic hydroxyl groups excluding tert-OH is 1. The van der Waals surface area contributed by atoms with Crippen LogP contribution in [0.3, 0.4) is 0 Å². The minimum absolute atomic E-state index is 0.108. The van der Waals surface area contributed by atoms with E-state index in [1.54, 1.807) is 0 Å². The number of hydrogen-bond acceptors (Lipinski definition) is 2.